The summed E-state index contributed by atoms with van der Waals surface area (Å²) in [7, 11) is 0. The molecule has 0 amide bonds. The molecule has 6 heteroatoms. The Labute approximate surface area is 154 Å². The normalized spacial score (nSPS) is 21.8. The maximum Gasteiger partial charge on any atom is 0.227 e. The standard InChI is InChI=1S/C20H26N6/c1-12-10-26(11-13(2)22-12)20-23-15(4)14(3)19(25-20)24-18-6-5-16-8-21-9-17(16)7-18/h5-7,9,12-13,22H,8,10-11H2,1-4H3,(H,23,24,25). The summed E-state index contributed by atoms with van der Waals surface area (Å²) in [5.41, 5.74) is 5.59. The van der Waals surface area contributed by atoms with Gasteiger partial charge in [-0.15, -0.1) is 0 Å². The summed E-state index contributed by atoms with van der Waals surface area (Å²) in [6.45, 7) is 11.1. The van der Waals surface area contributed by atoms with Gasteiger partial charge in [0.2, 0.25) is 5.95 Å². The van der Waals surface area contributed by atoms with Gasteiger partial charge in [-0.2, -0.15) is 4.98 Å². The lowest BCUT2D eigenvalue weighted by Gasteiger charge is -2.36. The van der Waals surface area contributed by atoms with E-state index in [9.17, 15) is 0 Å². The molecule has 0 bridgehead atoms. The van der Waals surface area contributed by atoms with E-state index in [4.69, 9.17) is 9.97 Å². The van der Waals surface area contributed by atoms with Crippen molar-refractivity contribution >= 4 is 23.7 Å². The van der Waals surface area contributed by atoms with Crippen LogP contribution in [-0.4, -0.2) is 41.4 Å². The van der Waals surface area contributed by atoms with E-state index in [1.807, 2.05) is 6.21 Å². The Kier molecular flexibility index (Phi) is 4.36. The molecular weight excluding hydrogens is 324 g/mol. The van der Waals surface area contributed by atoms with Gasteiger partial charge >= 0.3 is 0 Å². The molecule has 0 saturated carbocycles. The number of aryl methyl sites for hydroxylation is 1. The monoisotopic (exact) mass is 350 g/mol. The molecule has 1 aromatic heterocycles. The smallest absolute Gasteiger partial charge is 0.227 e. The van der Waals surface area contributed by atoms with Crippen molar-refractivity contribution in [2.24, 2.45) is 4.99 Å². The lowest BCUT2D eigenvalue weighted by atomic mass is 10.1. The van der Waals surface area contributed by atoms with Gasteiger partial charge in [0.05, 0.1) is 6.54 Å². The van der Waals surface area contributed by atoms with E-state index < -0.39 is 0 Å². The molecule has 1 fully saturated rings. The van der Waals surface area contributed by atoms with Crippen molar-refractivity contribution in [2.75, 3.05) is 23.3 Å². The number of nitrogens with one attached hydrogen (secondary N) is 2. The highest BCUT2D eigenvalue weighted by atomic mass is 15.3. The largest absolute Gasteiger partial charge is 0.340 e. The Morgan fingerprint density at radius 1 is 1.12 bits per heavy atom. The molecule has 2 N–H and O–H groups in total. The number of aliphatic imine (C=N–C) groups is 1. The maximum absolute atomic E-state index is 4.86. The molecule has 0 spiro atoms. The van der Waals surface area contributed by atoms with Gasteiger partial charge in [0.15, 0.2) is 0 Å². The number of piperazine rings is 1. The Morgan fingerprint density at radius 2 is 1.88 bits per heavy atom. The Bertz CT molecular complexity index is 850. The first-order valence-electron chi connectivity index (χ1n) is 9.25. The molecule has 3 heterocycles. The molecule has 2 aliphatic rings. The molecule has 136 valence electrons. The van der Waals surface area contributed by atoms with Gasteiger partial charge in [-0.1, -0.05) is 6.07 Å². The Hall–Kier alpha value is -2.47. The van der Waals surface area contributed by atoms with Crippen LogP contribution in [0.15, 0.2) is 23.2 Å². The van der Waals surface area contributed by atoms with Gasteiger partial charge < -0.3 is 15.5 Å². The lowest BCUT2D eigenvalue weighted by Crippen LogP contribution is -2.54. The van der Waals surface area contributed by atoms with Crippen molar-refractivity contribution in [3.63, 3.8) is 0 Å². The predicted octanol–water partition coefficient (Wildman–Crippen LogP) is 2.96. The summed E-state index contributed by atoms with van der Waals surface area (Å²) >= 11 is 0. The highest BCUT2D eigenvalue weighted by molar-refractivity contribution is 5.86. The number of rotatable bonds is 3. The molecule has 4 rings (SSSR count). The van der Waals surface area contributed by atoms with Crippen molar-refractivity contribution in [1.29, 1.82) is 0 Å². The van der Waals surface area contributed by atoms with Crippen molar-refractivity contribution in [2.45, 2.75) is 46.3 Å². The zero-order valence-corrected chi connectivity index (χ0v) is 15.9. The number of benzene rings is 1. The molecule has 1 saturated heterocycles. The first-order chi connectivity index (χ1) is 12.5. The third-order valence-corrected chi connectivity index (χ3v) is 5.12. The zero-order valence-electron chi connectivity index (χ0n) is 15.9. The van der Waals surface area contributed by atoms with Gasteiger partial charge in [0, 0.05) is 48.3 Å². The summed E-state index contributed by atoms with van der Waals surface area (Å²) < 4.78 is 0. The number of hydrogen-bond donors (Lipinski definition) is 2. The fourth-order valence-corrected chi connectivity index (χ4v) is 3.68. The number of nitrogens with zero attached hydrogens (tertiary/aromatic N) is 4. The van der Waals surface area contributed by atoms with Gasteiger partial charge in [0.1, 0.15) is 5.82 Å². The minimum atomic E-state index is 0.427. The van der Waals surface area contributed by atoms with Gasteiger partial charge in [0.25, 0.3) is 0 Å². The van der Waals surface area contributed by atoms with Crippen molar-refractivity contribution in [3.8, 4) is 0 Å². The summed E-state index contributed by atoms with van der Waals surface area (Å²) in [5, 5.41) is 7.05. The van der Waals surface area contributed by atoms with Gasteiger partial charge in [-0.25, -0.2) is 4.98 Å². The third kappa shape index (κ3) is 3.29. The lowest BCUT2D eigenvalue weighted by molar-refractivity contribution is 0.403. The van der Waals surface area contributed by atoms with Crippen LogP contribution in [0.25, 0.3) is 0 Å². The average molecular weight is 350 g/mol. The molecule has 1 aromatic carbocycles. The fraction of sp³-hybridized carbons (Fsp3) is 0.450. The maximum atomic E-state index is 4.86. The molecule has 0 aliphatic carbocycles. The van der Waals surface area contributed by atoms with E-state index in [-0.39, 0.29) is 0 Å². The molecular formula is C20H26N6. The highest BCUT2D eigenvalue weighted by Gasteiger charge is 2.24. The molecule has 2 atom stereocenters. The second-order valence-corrected chi connectivity index (χ2v) is 7.46. The third-order valence-electron chi connectivity index (χ3n) is 5.12. The van der Waals surface area contributed by atoms with Gasteiger partial charge in [-0.3, -0.25) is 4.99 Å². The van der Waals surface area contributed by atoms with Crippen LogP contribution >= 0.6 is 0 Å². The number of aromatic nitrogens is 2. The first kappa shape index (κ1) is 17.0. The predicted molar refractivity (Wildman–Crippen MR) is 107 cm³/mol. The van der Waals surface area contributed by atoms with Crippen molar-refractivity contribution in [3.05, 3.63) is 40.6 Å². The molecule has 2 aliphatic heterocycles. The zero-order chi connectivity index (χ0) is 18.3. The minimum Gasteiger partial charge on any atom is -0.340 e. The summed E-state index contributed by atoms with van der Waals surface area (Å²) in [4.78, 5) is 16.2. The van der Waals surface area contributed by atoms with Crippen LogP contribution in [0.1, 0.15) is 36.2 Å². The van der Waals surface area contributed by atoms with E-state index >= 15 is 0 Å². The average Bonchev–Trinajstić information content (AvgIpc) is 3.05. The molecule has 0 radical (unpaired) electrons. The van der Waals surface area contributed by atoms with Crippen LogP contribution in [-0.2, 0) is 6.54 Å². The number of anilines is 3. The Morgan fingerprint density at radius 3 is 2.65 bits per heavy atom. The van der Waals surface area contributed by atoms with E-state index in [1.54, 1.807) is 0 Å². The van der Waals surface area contributed by atoms with Crippen LogP contribution in [0.5, 0.6) is 0 Å². The van der Waals surface area contributed by atoms with Crippen LogP contribution < -0.4 is 15.5 Å². The molecule has 2 aromatic rings. The van der Waals surface area contributed by atoms with E-state index in [1.165, 1.54) is 11.1 Å². The SMILES string of the molecule is Cc1nc(N2CC(C)NC(C)C2)nc(Nc2ccc3c(c2)C=NC3)c1C. The number of fused-ring (bicyclic) bond motifs is 1. The second kappa shape index (κ2) is 6.68. The molecule has 2 unspecified atom stereocenters. The molecule has 26 heavy (non-hydrogen) atoms. The summed E-state index contributed by atoms with van der Waals surface area (Å²) in [5.74, 6) is 1.68. The summed E-state index contributed by atoms with van der Waals surface area (Å²) in [6.07, 6.45) is 1.94. The Balaban J connectivity index is 1.63. The van der Waals surface area contributed by atoms with Crippen LogP contribution in [0.3, 0.4) is 0 Å². The van der Waals surface area contributed by atoms with Crippen LogP contribution in [0.4, 0.5) is 17.5 Å². The van der Waals surface area contributed by atoms with E-state index in [0.717, 1.165) is 48.3 Å². The van der Waals surface area contributed by atoms with Crippen molar-refractivity contribution in [1.82, 2.24) is 15.3 Å². The van der Waals surface area contributed by atoms with E-state index in [0.29, 0.717) is 12.1 Å². The van der Waals surface area contributed by atoms with E-state index in [2.05, 4.69) is 66.4 Å². The minimum absolute atomic E-state index is 0.427. The topological polar surface area (TPSA) is 65.4 Å². The quantitative estimate of drug-likeness (QED) is 0.891. The summed E-state index contributed by atoms with van der Waals surface area (Å²) in [6, 6.07) is 7.22. The second-order valence-electron chi connectivity index (χ2n) is 7.46. The molecule has 6 nitrogen and oxygen atoms in total. The van der Waals surface area contributed by atoms with Crippen LogP contribution in [0.2, 0.25) is 0 Å². The first-order valence-corrected chi connectivity index (χ1v) is 9.25. The highest BCUT2D eigenvalue weighted by Crippen LogP contribution is 2.26. The van der Waals surface area contributed by atoms with Crippen LogP contribution in [0, 0.1) is 13.8 Å². The van der Waals surface area contributed by atoms with Crippen molar-refractivity contribution < 1.29 is 0 Å². The van der Waals surface area contributed by atoms with Gasteiger partial charge in [-0.05, 0) is 51.0 Å². The number of hydrogen-bond acceptors (Lipinski definition) is 6. The fourth-order valence-electron chi connectivity index (χ4n) is 3.68.